The fraction of sp³-hybridized carbons (Fsp3) is 0.167. The van der Waals surface area contributed by atoms with Crippen LogP contribution in [0.4, 0.5) is 0 Å². The molecular formula is C24H20Cl2N2O5. The smallest absolute Gasteiger partial charge is 0.326 e. The molecule has 1 aliphatic carbocycles. The van der Waals surface area contributed by atoms with Crippen LogP contribution in [0, 0.1) is 0 Å². The van der Waals surface area contributed by atoms with Gasteiger partial charge in [-0.1, -0.05) is 53.6 Å². The molecule has 9 heteroatoms. The van der Waals surface area contributed by atoms with E-state index in [-0.39, 0.29) is 33.8 Å². The van der Waals surface area contributed by atoms with Gasteiger partial charge in [-0.25, -0.2) is 4.79 Å². The van der Waals surface area contributed by atoms with E-state index in [1.807, 2.05) is 6.08 Å². The molecule has 170 valence electrons. The molecule has 3 aromatic rings. The Kier molecular flexibility index (Phi) is 6.35. The molecular weight excluding hydrogens is 467 g/mol. The molecule has 1 aromatic heterocycles. The van der Waals surface area contributed by atoms with Gasteiger partial charge >= 0.3 is 5.97 Å². The molecule has 1 aliphatic rings. The summed E-state index contributed by atoms with van der Waals surface area (Å²) in [5, 5.41) is 33.4. The first kappa shape index (κ1) is 22.8. The summed E-state index contributed by atoms with van der Waals surface area (Å²) in [7, 11) is 0. The van der Waals surface area contributed by atoms with E-state index in [4.69, 9.17) is 23.2 Å². The average molecular weight is 487 g/mol. The number of fused-ring (bicyclic) bond motifs is 1. The summed E-state index contributed by atoms with van der Waals surface area (Å²) >= 11 is 12.1. The number of aromatic hydroxyl groups is 2. The lowest BCUT2D eigenvalue weighted by atomic mass is 10.0. The Bertz CT molecular complexity index is 1240. The SMILES string of the molecule is O=C(N[C@@H](Cc1ccc(-n2c(O)c3c(c2O)CCC=C3)cc1)C(=O)O)c1c(Cl)cccc1Cl. The fourth-order valence-electron chi connectivity index (χ4n) is 3.87. The van der Waals surface area contributed by atoms with Crippen molar-refractivity contribution in [2.45, 2.75) is 25.3 Å². The molecule has 0 spiro atoms. The van der Waals surface area contributed by atoms with Crippen LogP contribution in [0.2, 0.25) is 10.0 Å². The second-order valence-corrected chi connectivity index (χ2v) is 8.46. The minimum Gasteiger partial charge on any atom is -0.494 e. The van der Waals surface area contributed by atoms with Crippen molar-refractivity contribution in [3.05, 3.63) is 80.8 Å². The number of carboxylic acids is 1. The van der Waals surface area contributed by atoms with Gasteiger partial charge in [0.15, 0.2) is 0 Å². The standard InChI is InChI=1S/C24H20Cl2N2O5/c25-17-6-3-7-18(26)20(17)21(29)27-19(24(32)33)12-13-8-10-14(11-9-13)28-22(30)15-4-1-2-5-16(15)23(28)31/h1,3-4,6-11,19,30-31H,2,5,12H2,(H,27,29)(H,32,33)/t19-/m0/s1. The summed E-state index contributed by atoms with van der Waals surface area (Å²) in [6, 6.07) is 10.0. The highest BCUT2D eigenvalue weighted by Crippen LogP contribution is 2.40. The number of hydrogen-bond acceptors (Lipinski definition) is 4. The summed E-state index contributed by atoms with van der Waals surface area (Å²) < 4.78 is 1.35. The zero-order valence-electron chi connectivity index (χ0n) is 17.3. The molecule has 0 aliphatic heterocycles. The predicted molar refractivity (Wildman–Crippen MR) is 126 cm³/mol. The highest BCUT2D eigenvalue weighted by Gasteiger charge is 2.25. The lowest BCUT2D eigenvalue weighted by molar-refractivity contribution is -0.139. The van der Waals surface area contributed by atoms with Crippen LogP contribution in [-0.4, -0.2) is 37.8 Å². The molecule has 0 fully saturated rings. The van der Waals surface area contributed by atoms with E-state index in [1.54, 1.807) is 36.4 Å². The molecule has 0 unspecified atom stereocenters. The number of aromatic nitrogens is 1. The number of rotatable bonds is 6. The Hall–Kier alpha value is -3.42. The Morgan fingerprint density at radius 2 is 1.70 bits per heavy atom. The van der Waals surface area contributed by atoms with Gasteiger partial charge in [0, 0.05) is 17.5 Å². The number of halogens is 2. The molecule has 0 bridgehead atoms. The van der Waals surface area contributed by atoms with Gasteiger partial charge in [0.25, 0.3) is 5.91 Å². The molecule has 0 radical (unpaired) electrons. The monoisotopic (exact) mass is 486 g/mol. The highest BCUT2D eigenvalue weighted by atomic mass is 35.5. The number of nitrogens with one attached hydrogen (secondary N) is 1. The van der Waals surface area contributed by atoms with Crippen LogP contribution < -0.4 is 5.32 Å². The van der Waals surface area contributed by atoms with E-state index >= 15 is 0 Å². The molecule has 1 heterocycles. The third kappa shape index (κ3) is 4.42. The van der Waals surface area contributed by atoms with Gasteiger partial charge < -0.3 is 20.6 Å². The van der Waals surface area contributed by atoms with Gasteiger partial charge in [-0.2, -0.15) is 0 Å². The van der Waals surface area contributed by atoms with Crippen LogP contribution in [-0.2, 0) is 17.6 Å². The Balaban J connectivity index is 1.54. The topological polar surface area (TPSA) is 112 Å². The number of carboxylic acid groups (broad SMARTS) is 1. The van der Waals surface area contributed by atoms with Crippen molar-refractivity contribution in [3.63, 3.8) is 0 Å². The second-order valence-electron chi connectivity index (χ2n) is 7.65. The number of nitrogens with zero attached hydrogens (tertiary/aromatic N) is 1. The first-order valence-corrected chi connectivity index (χ1v) is 10.9. The van der Waals surface area contributed by atoms with Crippen molar-refractivity contribution in [3.8, 4) is 17.4 Å². The maximum absolute atomic E-state index is 12.6. The van der Waals surface area contributed by atoms with Crippen molar-refractivity contribution >= 4 is 41.2 Å². The maximum atomic E-state index is 12.6. The van der Waals surface area contributed by atoms with Crippen molar-refractivity contribution < 1.29 is 24.9 Å². The van der Waals surface area contributed by atoms with Crippen molar-refractivity contribution in [1.82, 2.24) is 9.88 Å². The quantitative estimate of drug-likeness (QED) is 0.407. The Morgan fingerprint density at radius 3 is 2.30 bits per heavy atom. The summed E-state index contributed by atoms with van der Waals surface area (Å²) in [6.07, 6.45) is 5.14. The number of hydrogen-bond donors (Lipinski definition) is 4. The number of carbonyl (C=O) groups excluding carboxylic acids is 1. The van der Waals surface area contributed by atoms with Crippen LogP contribution in [0.25, 0.3) is 11.8 Å². The normalized spacial score (nSPS) is 13.4. The highest BCUT2D eigenvalue weighted by molar-refractivity contribution is 6.39. The molecule has 4 N–H and O–H groups in total. The number of aliphatic carboxylic acids is 1. The maximum Gasteiger partial charge on any atom is 0.326 e. The van der Waals surface area contributed by atoms with E-state index < -0.39 is 17.9 Å². The third-order valence-electron chi connectivity index (χ3n) is 5.53. The van der Waals surface area contributed by atoms with Gasteiger partial charge in [-0.15, -0.1) is 0 Å². The molecule has 33 heavy (non-hydrogen) atoms. The Labute approximate surface area is 199 Å². The lowest BCUT2D eigenvalue weighted by Crippen LogP contribution is -2.42. The van der Waals surface area contributed by atoms with E-state index in [0.29, 0.717) is 28.8 Å². The minimum atomic E-state index is -1.22. The molecule has 2 aromatic carbocycles. The minimum absolute atomic E-state index is 0.00626. The van der Waals surface area contributed by atoms with Gasteiger partial charge in [0.2, 0.25) is 11.8 Å². The third-order valence-corrected chi connectivity index (χ3v) is 6.16. The zero-order chi connectivity index (χ0) is 23.7. The van der Waals surface area contributed by atoms with Crippen LogP contribution in [0.1, 0.15) is 33.5 Å². The van der Waals surface area contributed by atoms with Gasteiger partial charge in [-0.05, 0) is 42.7 Å². The van der Waals surface area contributed by atoms with Crippen LogP contribution >= 0.6 is 23.2 Å². The lowest BCUT2D eigenvalue weighted by Gasteiger charge is -2.16. The van der Waals surface area contributed by atoms with Gasteiger partial charge in [0.05, 0.1) is 21.3 Å². The van der Waals surface area contributed by atoms with Gasteiger partial charge in [-0.3, -0.25) is 9.36 Å². The van der Waals surface area contributed by atoms with Crippen LogP contribution in [0.3, 0.4) is 0 Å². The Morgan fingerprint density at radius 1 is 1.03 bits per heavy atom. The number of carbonyl (C=O) groups is 2. The summed E-state index contributed by atoms with van der Waals surface area (Å²) in [4.78, 5) is 24.4. The molecule has 0 saturated heterocycles. The summed E-state index contributed by atoms with van der Waals surface area (Å²) in [6.45, 7) is 0. The van der Waals surface area contributed by atoms with E-state index in [2.05, 4.69) is 5.32 Å². The van der Waals surface area contributed by atoms with E-state index in [1.165, 1.54) is 16.7 Å². The van der Waals surface area contributed by atoms with Crippen LogP contribution in [0.15, 0.2) is 48.5 Å². The van der Waals surface area contributed by atoms with Crippen molar-refractivity contribution in [1.29, 1.82) is 0 Å². The summed E-state index contributed by atoms with van der Waals surface area (Å²) in [5.74, 6) is -1.98. The largest absolute Gasteiger partial charge is 0.494 e. The molecule has 1 atom stereocenters. The van der Waals surface area contributed by atoms with Crippen molar-refractivity contribution in [2.24, 2.45) is 0 Å². The second kappa shape index (κ2) is 9.21. The molecule has 7 nitrogen and oxygen atoms in total. The first-order valence-electron chi connectivity index (χ1n) is 10.2. The number of allylic oxidation sites excluding steroid dienone is 1. The zero-order valence-corrected chi connectivity index (χ0v) is 18.8. The number of benzene rings is 2. The fourth-order valence-corrected chi connectivity index (χ4v) is 4.44. The molecule has 4 rings (SSSR count). The van der Waals surface area contributed by atoms with E-state index in [9.17, 15) is 24.9 Å². The first-order chi connectivity index (χ1) is 15.8. The van der Waals surface area contributed by atoms with Gasteiger partial charge in [0.1, 0.15) is 6.04 Å². The molecule has 0 saturated carbocycles. The van der Waals surface area contributed by atoms with Crippen LogP contribution in [0.5, 0.6) is 11.8 Å². The van der Waals surface area contributed by atoms with E-state index in [0.717, 1.165) is 6.42 Å². The van der Waals surface area contributed by atoms with Crippen molar-refractivity contribution in [2.75, 3.05) is 0 Å². The predicted octanol–water partition coefficient (Wildman–Crippen LogP) is 4.58. The number of amides is 1. The summed E-state index contributed by atoms with van der Waals surface area (Å²) in [5.41, 5.74) is 2.45. The molecule has 1 amide bonds. The average Bonchev–Trinajstić information content (AvgIpc) is 3.04.